The number of hydrogen-bond donors (Lipinski definition) is 1. The van der Waals surface area contributed by atoms with Crippen LogP contribution in [0.5, 0.6) is 0 Å². The Morgan fingerprint density at radius 3 is 2.78 bits per heavy atom. The topological polar surface area (TPSA) is 37.8 Å². The Hall–Kier alpha value is -0.940. The van der Waals surface area contributed by atoms with Crippen LogP contribution in [0.1, 0.15) is 26.0 Å². The maximum absolute atomic E-state index is 4.64. The highest BCUT2D eigenvalue weighted by Crippen LogP contribution is 2.32. The summed E-state index contributed by atoms with van der Waals surface area (Å²) in [7, 11) is 0. The molecule has 0 aromatic carbocycles. The molecule has 0 unspecified atom stereocenters. The van der Waals surface area contributed by atoms with Crippen molar-refractivity contribution in [2.45, 2.75) is 26.7 Å². The fourth-order valence-corrected chi connectivity index (χ4v) is 3.19. The number of rotatable bonds is 5. The zero-order valence-corrected chi connectivity index (χ0v) is 12.9. The highest BCUT2D eigenvalue weighted by molar-refractivity contribution is 9.10. The summed E-state index contributed by atoms with van der Waals surface area (Å²) in [6, 6.07) is 4.07. The molecule has 0 aliphatic rings. The highest BCUT2D eigenvalue weighted by atomic mass is 79.9. The summed E-state index contributed by atoms with van der Waals surface area (Å²) in [5.41, 5.74) is 1.10. The van der Waals surface area contributed by atoms with E-state index < -0.39 is 0 Å². The van der Waals surface area contributed by atoms with E-state index >= 15 is 0 Å². The third-order valence-corrected chi connectivity index (χ3v) is 4.30. The fourth-order valence-electron chi connectivity index (χ4n) is 1.71. The molecular formula is C13H16BrN3S. The lowest BCUT2D eigenvalue weighted by Crippen LogP contribution is -2.03. The minimum atomic E-state index is 0.804. The first kappa shape index (κ1) is 13.5. The minimum absolute atomic E-state index is 0.804. The van der Waals surface area contributed by atoms with Crippen LogP contribution in [0.25, 0.3) is 10.7 Å². The fraction of sp³-hybridized carbons (Fsp3) is 0.385. The second-order valence-electron chi connectivity index (χ2n) is 3.95. The summed E-state index contributed by atoms with van der Waals surface area (Å²) >= 11 is 5.20. The Morgan fingerprint density at radius 2 is 2.17 bits per heavy atom. The average molecular weight is 326 g/mol. The maximum Gasteiger partial charge on any atom is 0.173 e. The lowest BCUT2D eigenvalue weighted by molar-refractivity contribution is 0.875. The van der Waals surface area contributed by atoms with Gasteiger partial charge in [0.1, 0.15) is 5.82 Å². The van der Waals surface area contributed by atoms with Crippen LogP contribution in [0, 0.1) is 0 Å². The molecular weight excluding hydrogens is 310 g/mol. The first-order valence-electron chi connectivity index (χ1n) is 6.09. The second kappa shape index (κ2) is 6.29. The van der Waals surface area contributed by atoms with Crippen molar-refractivity contribution >= 4 is 33.1 Å². The molecule has 0 amide bonds. The first-order valence-corrected chi connectivity index (χ1v) is 7.77. The van der Waals surface area contributed by atoms with Crippen LogP contribution in [0.15, 0.2) is 22.0 Å². The van der Waals surface area contributed by atoms with Crippen LogP contribution in [-0.4, -0.2) is 16.5 Å². The van der Waals surface area contributed by atoms with Crippen molar-refractivity contribution in [2.24, 2.45) is 0 Å². The number of nitrogens with one attached hydrogen (secondary N) is 1. The molecule has 0 atom stereocenters. The lowest BCUT2D eigenvalue weighted by Gasteiger charge is -2.07. The predicted molar refractivity (Wildman–Crippen MR) is 81.2 cm³/mol. The van der Waals surface area contributed by atoms with Crippen molar-refractivity contribution < 1.29 is 0 Å². The molecule has 18 heavy (non-hydrogen) atoms. The van der Waals surface area contributed by atoms with Crippen LogP contribution < -0.4 is 5.32 Å². The molecule has 0 bridgehead atoms. The number of anilines is 1. The Bertz CT molecular complexity index is 500. The summed E-state index contributed by atoms with van der Waals surface area (Å²) in [6.07, 6.45) is 2.07. The third-order valence-electron chi connectivity index (χ3n) is 2.46. The molecule has 5 heteroatoms. The lowest BCUT2D eigenvalue weighted by atomic mass is 10.2. The largest absolute Gasteiger partial charge is 0.370 e. The number of aromatic nitrogens is 2. The van der Waals surface area contributed by atoms with Gasteiger partial charge in [0.05, 0.1) is 4.88 Å². The van der Waals surface area contributed by atoms with Gasteiger partial charge in [-0.3, -0.25) is 0 Å². The molecule has 0 aliphatic carbocycles. The van der Waals surface area contributed by atoms with Crippen LogP contribution in [0.3, 0.4) is 0 Å². The zero-order chi connectivity index (χ0) is 13.0. The Labute approximate surface area is 120 Å². The van der Waals surface area contributed by atoms with E-state index in [0.29, 0.717) is 0 Å². The van der Waals surface area contributed by atoms with Crippen molar-refractivity contribution in [3.8, 4) is 10.7 Å². The smallest absolute Gasteiger partial charge is 0.173 e. The van der Waals surface area contributed by atoms with E-state index in [4.69, 9.17) is 0 Å². The number of nitrogens with zero attached hydrogens (tertiary/aromatic N) is 2. The van der Waals surface area contributed by atoms with Gasteiger partial charge >= 0.3 is 0 Å². The van der Waals surface area contributed by atoms with Crippen LogP contribution in [-0.2, 0) is 6.42 Å². The number of thiophene rings is 1. The van der Waals surface area contributed by atoms with Gasteiger partial charge in [0.25, 0.3) is 0 Å². The maximum atomic E-state index is 4.64. The van der Waals surface area contributed by atoms with Gasteiger partial charge < -0.3 is 5.32 Å². The molecule has 2 aromatic rings. The summed E-state index contributed by atoms with van der Waals surface area (Å²) in [4.78, 5) is 10.3. The predicted octanol–water partition coefficient (Wildman–Crippen LogP) is 4.35. The molecule has 3 nitrogen and oxygen atoms in total. The summed E-state index contributed by atoms with van der Waals surface area (Å²) in [5, 5.41) is 5.31. The molecule has 96 valence electrons. The summed E-state index contributed by atoms with van der Waals surface area (Å²) in [5.74, 6) is 1.71. The zero-order valence-electron chi connectivity index (χ0n) is 10.5. The average Bonchev–Trinajstić information content (AvgIpc) is 2.76. The standard InChI is InChI=1S/C13H16BrN3S/c1-3-5-9-8-11(15-4-2)17-13(16-9)12-10(14)6-7-18-12/h6-8H,3-5H2,1-2H3,(H,15,16,17). The van der Waals surface area contributed by atoms with Gasteiger partial charge in [-0.15, -0.1) is 11.3 Å². The molecule has 0 spiro atoms. The molecule has 0 fully saturated rings. The van der Waals surface area contributed by atoms with Crippen molar-refractivity contribution in [1.82, 2.24) is 9.97 Å². The number of halogens is 1. The summed E-state index contributed by atoms with van der Waals surface area (Å²) < 4.78 is 1.06. The van der Waals surface area contributed by atoms with Gasteiger partial charge in [0.2, 0.25) is 0 Å². The molecule has 2 rings (SSSR count). The van der Waals surface area contributed by atoms with Crippen LogP contribution >= 0.6 is 27.3 Å². The Morgan fingerprint density at radius 1 is 1.33 bits per heavy atom. The van der Waals surface area contributed by atoms with Gasteiger partial charge in [-0.2, -0.15) is 0 Å². The van der Waals surface area contributed by atoms with E-state index in [1.807, 2.05) is 17.5 Å². The quantitative estimate of drug-likeness (QED) is 0.887. The van der Waals surface area contributed by atoms with Gasteiger partial charge in [-0.1, -0.05) is 13.3 Å². The third kappa shape index (κ3) is 3.09. The molecule has 1 N–H and O–H groups in total. The van der Waals surface area contributed by atoms with E-state index in [0.717, 1.165) is 46.1 Å². The molecule has 2 aromatic heterocycles. The molecule has 0 saturated heterocycles. The first-order chi connectivity index (χ1) is 8.74. The van der Waals surface area contributed by atoms with Crippen molar-refractivity contribution in [3.05, 3.63) is 27.7 Å². The van der Waals surface area contributed by atoms with Gasteiger partial charge in [-0.25, -0.2) is 9.97 Å². The highest BCUT2D eigenvalue weighted by Gasteiger charge is 2.10. The normalized spacial score (nSPS) is 10.6. The second-order valence-corrected chi connectivity index (χ2v) is 5.72. The van der Waals surface area contributed by atoms with Crippen molar-refractivity contribution in [3.63, 3.8) is 0 Å². The van der Waals surface area contributed by atoms with Crippen LogP contribution in [0.4, 0.5) is 5.82 Å². The molecule has 0 aliphatic heterocycles. The SMILES string of the molecule is CCCc1cc(NCC)nc(-c2sccc2Br)n1. The van der Waals surface area contributed by atoms with Crippen molar-refractivity contribution in [2.75, 3.05) is 11.9 Å². The summed E-state index contributed by atoms with van der Waals surface area (Å²) in [6.45, 7) is 5.10. The van der Waals surface area contributed by atoms with E-state index in [2.05, 4.69) is 45.1 Å². The van der Waals surface area contributed by atoms with Gasteiger partial charge in [0.15, 0.2) is 5.82 Å². The van der Waals surface area contributed by atoms with Crippen molar-refractivity contribution in [1.29, 1.82) is 0 Å². The van der Waals surface area contributed by atoms with E-state index in [1.54, 1.807) is 11.3 Å². The molecule has 0 saturated carbocycles. The van der Waals surface area contributed by atoms with Crippen LogP contribution in [0.2, 0.25) is 0 Å². The van der Waals surface area contributed by atoms with E-state index in [1.165, 1.54) is 0 Å². The van der Waals surface area contributed by atoms with Gasteiger partial charge in [-0.05, 0) is 40.7 Å². The Kier molecular flexibility index (Phi) is 4.72. The van der Waals surface area contributed by atoms with E-state index in [-0.39, 0.29) is 0 Å². The minimum Gasteiger partial charge on any atom is -0.370 e. The number of hydrogen-bond acceptors (Lipinski definition) is 4. The van der Waals surface area contributed by atoms with E-state index in [9.17, 15) is 0 Å². The van der Waals surface area contributed by atoms with Gasteiger partial charge in [0, 0.05) is 22.8 Å². The Balaban J connectivity index is 2.42. The monoisotopic (exact) mass is 325 g/mol. The molecule has 0 radical (unpaired) electrons. The number of aryl methyl sites for hydroxylation is 1. The molecule has 2 heterocycles.